The quantitative estimate of drug-likeness (QED) is 0.251. The van der Waals surface area contributed by atoms with Crippen LogP contribution in [0.3, 0.4) is 0 Å². The molecule has 0 spiro atoms. The topological polar surface area (TPSA) is 96.7 Å². The summed E-state index contributed by atoms with van der Waals surface area (Å²) >= 11 is 0. The first-order valence-corrected chi connectivity index (χ1v) is 13.4. The lowest BCUT2D eigenvalue weighted by Crippen LogP contribution is -2.24. The highest BCUT2D eigenvalue weighted by atomic mass is 19.1. The number of methoxy groups -OCH3 is 4. The van der Waals surface area contributed by atoms with Gasteiger partial charge in [-0.15, -0.1) is 5.10 Å². The zero-order valence-corrected chi connectivity index (χ0v) is 23.3. The molecule has 2 atom stereocenters. The van der Waals surface area contributed by atoms with E-state index < -0.39 is 0 Å². The molecule has 0 N–H and O–H groups in total. The monoisotopic (exact) mass is 550 g/mol. The van der Waals surface area contributed by atoms with Gasteiger partial charge in [-0.1, -0.05) is 11.6 Å². The molecular weight excluding hydrogens is 515 g/mol. The lowest BCUT2D eigenvalue weighted by Gasteiger charge is -2.27. The molecular formula is C29H35FN6O4. The Hall–Kier alpha value is -4.15. The molecule has 0 saturated heterocycles. The van der Waals surface area contributed by atoms with Gasteiger partial charge in [0, 0.05) is 36.3 Å². The van der Waals surface area contributed by atoms with Crippen LogP contribution in [-0.2, 0) is 13.1 Å². The number of hydrogen-bond acceptors (Lipinski definition) is 9. The summed E-state index contributed by atoms with van der Waals surface area (Å²) in [5.41, 5.74) is 3.11. The van der Waals surface area contributed by atoms with Gasteiger partial charge in [-0.2, -0.15) is 0 Å². The summed E-state index contributed by atoms with van der Waals surface area (Å²) in [5, 5.41) is 9.03. The molecule has 1 saturated carbocycles. The van der Waals surface area contributed by atoms with Crippen LogP contribution in [0.5, 0.6) is 23.0 Å². The van der Waals surface area contributed by atoms with Crippen LogP contribution in [0.2, 0.25) is 0 Å². The third-order valence-corrected chi connectivity index (χ3v) is 7.57. The Morgan fingerprint density at radius 1 is 0.875 bits per heavy atom. The summed E-state index contributed by atoms with van der Waals surface area (Å²) in [6.45, 7) is 0.591. The predicted octanol–water partition coefficient (Wildman–Crippen LogP) is 5.16. The van der Waals surface area contributed by atoms with E-state index in [4.69, 9.17) is 18.9 Å². The second-order valence-corrected chi connectivity index (χ2v) is 9.96. The highest BCUT2D eigenvalue weighted by Gasteiger charge is 2.28. The molecule has 1 aliphatic carbocycles. The smallest absolute Gasteiger partial charge is 0.184 e. The van der Waals surface area contributed by atoms with Crippen molar-refractivity contribution in [3.05, 3.63) is 53.9 Å². The molecule has 0 amide bonds. The number of fused-ring (bicyclic) bond motifs is 1. The number of halogens is 1. The predicted molar refractivity (Wildman–Crippen MR) is 149 cm³/mol. The zero-order valence-electron chi connectivity index (χ0n) is 23.3. The number of benzene rings is 2. The Morgan fingerprint density at radius 3 is 2.10 bits per heavy atom. The van der Waals surface area contributed by atoms with Gasteiger partial charge in [-0.05, 0) is 49.4 Å². The van der Waals surface area contributed by atoms with E-state index in [1.165, 1.54) is 6.33 Å². The Balaban J connectivity index is 1.57. The number of rotatable bonds is 11. The van der Waals surface area contributed by atoms with Gasteiger partial charge in [0.2, 0.25) is 0 Å². The van der Waals surface area contributed by atoms with Crippen LogP contribution >= 0.6 is 0 Å². The molecule has 4 aromatic rings. The van der Waals surface area contributed by atoms with Crippen molar-refractivity contribution in [2.24, 2.45) is 5.92 Å². The van der Waals surface area contributed by atoms with Crippen molar-refractivity contribution in [1.29, 1.82) is 0 Å². The molecule has 2 aromatic carbocycles. The van der Waals surface area contributed by atoms with E-state index in [2.05, 4.69) is 25.2 Å². The number of ether oxygens (including phenoxy) is 4. The van der Waals surface area contributed by atoms with Crippen molar-refractivity contribution >= 4 is 17.0 Å². The second kappa shape index (κ2) is 12.4. The molecule has 1 aliphatic rings. The summed E-state index contributed by atoms with van der Waals surface area (Å²) < 4.78 is 37.5. The van der Waals surface area contributed by atoms with Gasteiger partial charge in [0.25, 0.3) is 0 Å². The van der Waals surface area contributed by atoms with E-state index in [0.717, 1.165) is 36.8 Å². The molecule has 40 heavy (non-hydrogen) atoms. The fourth-order valence-corrected chi connectivity index (χ4v) is 5.44. The number of alkyl halides is 1. The Labute approximate surface area is 233 Å². The first-order valence-electron chi connectivity index (χ1n) is 13.4. The Kier molecular flexibility index (Phi) is 8.47. The minimum absolute atomic E-state index is 0.0425. The SMILES string of the molecule is COc1ccc(CN(Cc2ccc(OC)cc2OC)c2ncnc3c2nnn3C2CCCC(CF)C2)c(OC)c1. The largest absolute Gasteiger partial charge is 0.497 e. The van der Waals surface area contributed by atoms with Crippen LogP contribution < -0.4 is 23.8 Å². The van der Waals surface area contributed by atoms with Crippen LogP contribution in [0.4, 0.5) is 10.2 Å². The van der Waals surface area contributed by atoms with Crippen LogP contribution in [0.15, 0.2) is 42.7 Å². The van der Waals surface area contributed by atoms with E-state index in [1.54, 1.807) is 28.4 Å². The van der Waals surface area contributed by atoms with Crippen molar-refractivity contribution in [3.8, 4) is 23.0 Å². The number of hydrogen-bond donors (Lipinski definition) is 0. The van der Waals surface area contributed by atoms with E-state index in [0.29, 0.717) is 53.1 Å². The minimum atomic E-state index is -0.315. The summed E-state index contributed by atoms with van der Waals surface area (Å²) in [7, 11) is 6.52. The standard InChI is InChI=1S/C29H35FN6O4/c1-37-23-10-8-20(25(13-23)39-3)16-35(17-21-9-11-24(38-2)14-26(21)40-4)28-27-29(32-18-31-28)36(34-33-27)22-7-5-6-19(12-22)15-30/h8-11,13-14,18-19,22H,5-7,12,15-17H2,1-4H3. The fraction of sp³-hybridized carbons (Fsp3) is 0.448. The van der Waals surface area contributed by atoms with Crippen LogP contribution in [-0.4, -0.2) is 60.1 Å². The summed E-state index contributed by atoms with van der Waals surface area (Å²) in [6, 6.07) is 11.5. The lowest BCUT2D eigenvalue weighted by molar-refractivity contribution is 0.216. The van der Waals surface area contributed by atoms with Crippen molar-refractivity contribution in [1.82, 2.24) is 25.0 Å². The van der Waals surface area contributed by atoms with Crippen molar-refractivity contribution in [2.45, 2.75) is 44.8 Å². The summed E-state index contributed by atoms with van der Waals surface area (Å²) in [5.74, 6) is 3.47. The van der Waals surface area contributed by atoms with E-state index in [1.807, 2.05) is 41.1 Å². The molecule has 0 aliphatic heterocycles. The zero-order chi connectivity index (χ0) is 28.1. The molecule has 0 radical (unpaired) electrons. The Bertz CT molecular complexity index is 1390. The van der Waals surface area contributed by atoms with Gasteiger partial charge < -0.3 is 23.8 Å². The van der Waals surface area contributed by atoms with Crippen molar-refractivity contribution in [3.63, 3.8) is 0 Å². The minimum Gasteiger partial charge on any atom is -0.497 e. The third-order valence-electron chi connectivity index (χ3n) is 7.57. The van der Waals surface area contributed by atoms with E-state index >= 15 is 0 Å². The highest BCUT2D eigenvalue weighted by molar-refractivity contribution is 5.82. The molecule has 212 valence electrons. The van der Waals surface area contributed by atoms with Gasteiger partial charge in [0.05, 0.1) is 41.2 Å². The van der Waals surface area contributed by atoms with E-state index in [-0.39, 0.29) is 18.6 Å². The maximum Gasteiger partial charge on any atom is 0.184 e. The van der Waals surface area contributed by atoms with Gasteiger partial charge >= 0.3 is 0 Å². The van der Waals surface area contributed by atoms with Gasteiger partial charge in [-0.25, -0.2) is 14.6 Å². The molecule has 0 bridgehead atoms. The third kappa shape index (κ3) is 5.59. The summed E-state index contributed by atoms with van der Waals surface area (Å²) in [6.07, 6.45) is 5.05. The highest BCUT2D eigenvalue weighted by Crippen LogP contribution is 2.36. The number of anilines is 1. The lowest BCUT2D eigenvalue weighted by atomic mass is 9.86. The molecule has 2 unspecified atom stereocenters. The maximum atomic E-state index is 13.5. The average Bonchev–Trinajstić information content (AvgIpc) is 3.45. The second-order valence-electron chi connectivity index (χ2n) is 9.96. The molecule has 11 heteroatoms. The van der Waals surface area contributed by atoms with E-state index in [9.17, 15) is 4.39 Å². The van der Waals surface area contributed by atoms with Gasteiger partial charge in [-0.3, -0.25) is 4.39 Å². The van der Waals surface area contributed by atoms with Crippen LogP contribution in [0.1, 0.15) is 42.9 Å². The van der Waals surface area contributed by atoms with Gasteiger partial charge in [0.1, 0.15) is 29.3 Å². The Morgan fingerprint density at radius 2 is 1.52 bits per heavy atom. The fourth-order valence-electron chi connectivity index (χ4n) is 5.44. The van der Waals surface area contributed by atoms with Crippen molar-refractivity contribution < 1.29 is 23.3 Å². The number of aromatic nitrogens is 5. The van der Waals surface area contributed by atoms with Crippen molar-refractivity contribution in [2.75, 3.05) is 40.0 Å². The molecule has 1 fully saturated rings. The average molecular weight is 551 g/mol. The first kappa shape index (κ1) is 27.4. The van der Waals surface area contributed by atoms with Crippen LogP contribution in [0, 0.1) is 5.92 Å². The molecule has 2 heterocycles. The molecule has 2 aromatic heterocycles. The van der Waals surface area contributed by atoms with Crippen LogP contribution in [0.25, 0.3) is 11.2 Å². The number of nitrogens with zero attached hydrogens (tertiary/aromatic N) is 6. The summed E-state index contributed by atoms with van der Waals surface area (Å²) in [4.78, 5) is 11.3. The van der Waals surface area contributed by atoms with Gasteiger partial charge in [0.15, 0.2) is 17.0 Å². The maximum absolute atomic E-state index is 13.5. The molecule has 10 nitrogen and oxygen atoms in total. The molecule has 5 rings (SSSR count). The normalized spacial score (nSPS) is 17.0. The first-order chi connectivity index (χ1) is 19.6.